The number of benzene rings is 4. The van der Waals surface area contributed by atoms with E-state index in [-0.39, 0.29) is 43.6 Å². The van der Waals surface area contributed by atoms with Gasteiger partial charge in [-0.25, -0.2) is 24.7 Å². The number of aromatic hydroxyl groups is 1. The SMILES string of the molecule is Cc1nc(N/N=C2\C(=O)N(c3nc(-c4c(Cl)cc(C(=O)O)cc4Cl)cs3)N=C2c2cccc(Cc3sc(N/N=C4\C(=O)N(c5nc(-c6ccccc6O)cs5)N=C4c4ccccc4)nc3C)c2)sc1C. The van der Waals surface area contributed by atoms with E-state index in [4.69, 9.17) is 33.3 Å². The number of thiazole rings is 4. The number of amides is 2. The molecule has 8 aromatic rings. The van der Waals surface area contributed by atoms with Crippen LogP contribution in [-0.2, 0) is 16.0 Å². The molecule has 2 aliphatic heterocycles. The van der Waals surface area contributed by atoms with E-state index < -0.39 is 17.8 Å². The molecule has 70 heavy (non-hydrogen) atoms. The highest BCUT2D eigenvalue weighted by Crippen LogP contribution is 2.39. The quantitative estimate of drug-likeness (QED) is 0.0795. The summed E-state index contributed by atoms with van der Waals surface area (Å²) in [5.74, 6) is -2.16. The van der Waals surface area contributed by atoms with Crippen molar-refractivity contribution in [3.05, 3.63) is 155 Å². The lowest BCUT2D eigenvalue weighted by molar-refractivity contribution is -0.112. The first-order valence-electron chi connectivity index (χ1n) is 20.8. The molecule has 0 bridgehead atoms. The van der Waals surface area contributed by atoms with Gasteiger partial charge in [0.15, 0.2) is 11.4 Å². The Labute approximate surface area is 423 Å². The van der Waals surface area contributed by atoms with E-state index in [0.717, 1.165) is 43.1 Å². The molecule has 0 aliphatic carbocycles. The molecule has 17 nitrogen and oxygen atoms in total. The predicted molar refractivity (Wildman–Crippen MR) is 278 cm³/mol. The number of phenols is 1. The molecule has 0 unspecified atom stereocenters. The Kier molecular flexibility index (Phi) is 12.6. The number of carboxylic acids is 1. The normalized spacial score (nSPS) is 14.8. The van der Waals surface area contributed by atoms with Gasteiger partial charge in [0.1, 0.15) is 17.2 Å². The van der Waals surface area contributed by atoms with E-state index >= 15 is 0 Å². The van der Waals surface area contributed by atoms with Crippen molar-refractivity contribution in [3.63, 3.8) is 0 Å². The van der Waals surface area contributed by atoms with Gasteiger partial charge in [-0.2, -0.15) is 30.4 Å². The summed E-state index contributed by atoms with van der Waals surface area (Å²) in [6.07, 6.45) is 0.452. The highest BCUT2D eigenvalue weighted by Gasteiger charge is 2.38. The second kappa shape index (κ2) is 19.1. The molecule has 4 aromatic carbocycles. The summed E-state index contributed by atoms with van der Waals surface area (Å²) in [5, 5.41) is 45.8. The number of aromatic nitrogens is 4. The van der Waals surface area contributed by atoms with Crippen LogP contribution in [0.25, 0.3) is 22.5 Å². The van der Waals surface area contributed by atoms with Crippen molar-refractivity contribution in [1.29, 1.82) is 0 Å². The molecule has 0 fully saturated rings. The highest BCUT2D eigenvalue weighted by molar-refractivity contribution is 7.16. The lowest BCUT2D eigenvalue weighted by Gasteiger charge is -2.07. The number of para-hydroxylation sites is 1. The average molecular weight is 1040 g/mol. The van der Waals surface area contributed by atoms with Crippen molar-refractivity contribution in [2.75, 3.05) is 20.9 Å². The molecular formula is C47H32Cl2N12O5S4. The van der Waals surface area contributed by atoms with Crippen LogP contribution in [0.4, 0.5) is 20.5 Å². The maximum atomic E-state index is 14.2. The fourth-order valence-corrected chi connectivity index (χ4v) is 11.1. The molecule has 0 saturated carbocycles. The van der Waals surface area contributed by atoms with Crippen LogP contribution in [0.2, 0.25) is 10.0 Å². The first kappa shape index (κ1) is 46.2. The third-order valence-electron chi connectivity index (χ3n) is 10.8. The van der Waals surface area contributed by atoms with Crippen molar-refractivity contribution in [3.8, 4) is 28.3 Å². The Hall–Kier alpha value is -7.53. The Balaban J connectivity index is 0.917. The number of nitrogens with one attached hydrogen (secondary N) is 2. The number of hydrazone groups is 4. The van der Waals surface area contributed by atoms with E-state index in [1.54, 1.807) is 35.0 Å². The number of hydrogen-bond acceptors (Lipinski definition) is 18. The Morgan fingerprint density at radius 3 is 1.89 bits per heavy atom. The van der Waals surface area contributed by atoms with Gasteiger partial charge in [-0.3, -0.25) is 20.4 Å². The number of phenolic OH excluding ortho intramolecular Hbond substituents is 1. The van der Waals surface area contributed by atoms with Gasteiger partial charge in [-0.1, -0.05) is 95.2 Å². The van der Waals surface area contributed by atoms with Gasteiger partial charge in [-0.15, -0.1) is 34.0 Å². The highest BCUT2D eigenvalue weighted by atomic mass is 35.5. The number of nitrogens with zero attached hydrogens (tertiary/aromatic N) is 10. The minimum absolute atomic E-state index is 0.0186. The first-order chi connectivity index (χ1) is 33.8. The lowest BCUT2D eigenvalue weighted by atomic mass is 10.0. The average Bonchev–Trinajstić information content (AvgIpc) is 4.22. The maximum Gasteiger partial charge on any atom is 0.335 e. The number of anilines is 4. The minimum Gasteiger partial charge on any atom is -0.507 e. The molecule has 2 amide bonds. The van der Waals surface area contributed by atoms with Crippen molar-refractivity contribution in [2.45, 2.75) is 27.2 Å². The summed E-state index contributed by atoms with van der Waals surface area (Å²) in [4.78, 5) is 60.3. The number of halogens is 2. The number of aryl methyl sites for hydroxylation is 3. The van der Waals surface area contributed by atoms with E-state index in [0.29, 0.717) is 61.2 Å². The second-order valence-electron chi connectivity index (χ2n) is 15.4. The third kappa shape index (κ3) is 9.08. The molecule has 4 aromatic heterocycles. The summed E-state index contributed by atoms with van der Waals surface area (Å²) in [6.45, 7) is 5.71. The van der Waals surface area contributed by atoms with Crippen LogP contribution < -0.4 is 20.9 Å². The standard InChI is InChI=1S/C47H32Cl2N12O5S4/c1-22-24(3)69-44(50-22)56-55-40-38(59-61(42(40)64)47-53-33(21-68-47)36-30(48)18-28(43(65)66)19-31(36)49)27-13-9-10-25(16-27)17-35-23(2)51-45(70-35)57-54-39-37(26-11-5-4-6-12-26)58-60(41(39)63)46-52-32(20-67-46)29-14-7-8-15-34(29)62/h4-16,18-21,62H,17H2,1-3H3,(H,50,56)(H,51,57)(H,65,66)/b54-39-,55-40-. The van der Waals surface area contributed by atoms with Crippen molar-refractivity contribution in [2.24, 2.45) is 20.4 Å². The molecule has 6 heterocycles. The van der Waals surface area contributed by atoms with Crippen molar-refractivity contribution in [1.82, 2.24) is 19.9 Å². The van der Waals surface area contributed by atoms with Crippen LogP contribution in [-0.4, -0.2) is 70.8 Å². The number of carboxylic acid groups (broad SMARTS) is 1. The molecule has 0 spiro atoms. The Bertz CT molecular complexity index is 3520. The summed E-state index contributed by atoms with van der Waals surface area (Å²) in [5.41, 5.74) is 12.0. The van der Waals surface area contributed by atoms with Gasteiger partial charge < -0.3 is 10.2 Å². The van der Waals surface area contributed by atoms with E-state index in [1.807, 2.05) is 75.4 Å². The predicted octanol–water partition coefficient (Wildman–Crippen LogP) is 10.5. The van der Waals surface area contributed by atoms with Gasteiger partial charge in [0.05, 0.1) is 38.4 Å². The summed E-state index contributed by atoms with van der Waals surface area (Å²) >= 11 is 18.1. The minimum atomic E-state index is -1.18. The zero-order valence-electron chi connectivity index (χ0n) is 36.5. The smallest absolute Gasteiger partial charge is 0.335 e. The fraction of sp³-hybridized carbons (Fsp3) is 0.0851. The number of aromatic carboxylic acids is 1. The van der Waals surface area contributed by atoms with Gasteiger partial charge in [0.2, 0.25) is 20.5 Å². The van der Waals surface area contributed by atoms with Crippen LogP contribution >= 0.6 is 68.5 Å². The fourth-order valence-electron chi connectivity index (χ4n) is 7.21. The van der Waals surface area contributed by atoms with Gasteiger partial charge in [0, 0.05) is 49.2 Å². The summed E-state index contributed by atoms with van der Waals surface area (Å²) in [7, 11) is 0. The van der Waals surface area contributed by atoms with E-state index in [1.165, 1.54) is 51.2 Å². The Morgan fingerprint density at radius 1 is 0.686 bits per heavy atom. The molecule has 10 rings (SSSR count). The summed E-state index contributed by atoms with van der Waals surface area (Å²) < 4.78 is 0. The topological polar surface area (TPSA) is 223 Å². The lowest BCUT2D eigenvalue weighted by Crippen LogP contribution is -2.28. The largest absolute Gasteiger partial charge is 0.507 e. The van der Waals surface area contributed by atoms with Crippen LogP contribution in [0.15, 0.2) is 122 Å². The number of carbonyl (C=O) groups excluding carboxylic acids is 2. The van der Waals surface area contributed by atoms with E-state index in [9.17, 15) is 24.6 Å². The van der Waals surface area contributed by atoms with Crippen LogP contribution in [0, 0.1) is 20.8 Å². The number of hydrogen-bond donors (Lipinski definition) is 4. The van der Waals surface area contributed by atoms with Crippen LogP contribution in [0.1, 0.15) is 48.2 Å². The molecule has 2 aliphatic rings. The molecule has 23 heteroatoms. The molecular weight excluding hydrogens is 1010 g/mol. The van der Waals surface area contributed by atoms with Gasteiger partial charge in [-0.05, 0) is 56.7 Å². The zero-order valence-corrected chi connectivity index (χ0v) is 41.3. The third-order valence-corrected chi connectivity index (χ3v) is 15.0. The van der Waals surface area contributed by atoms with Crippen molar-refractivity contribution >= 4 is 130 Å². The molecule has 348 valence electrons. The van der Waals surface area contributed by atoms with Crippen molar-refractivity contribution < 1.29 is 24.6 Å². The summed E-state index contributed by atoms with van der Waals surface area (Å²) in [6, 6.07) is 26.2. The zero-order chi connectivity index (χ0) is 48.8. The van der Waals surface area contributed by atoms with Gasteiger partial charge in [0.25, 0.3) is 0 Å². The molecule has 0 atom stereocenters. The number of rotatable bonds is 13. The van der Waals surface area contributed by atoms with Crippen LogP contribution in [0.3, 0.4) is 0 Å². The molecule has 4 N–H and O–H groups in total. The monoisotopic (exact) mass is 1040 g/mol. The first-order valence-corrected chi connectivity index (χ1v) is 25.0. The van der Waals surface area contributed by atoms with E-state index in [2.05, 4.69) is 41.1 Å². The molecule has 0 radical (unpaired) electrons. The van der Waals surface area contributed by atoms with Gasteiger partial charge >= 0.3 is 17.8 Å². The molecule has 0 saturated heterocycles. The van der Waals surface area contributed by atoms with Crippen LogP contribution in [0.5, 0.6) is 5.75 Å². The Morgan fingerprint density at radius 2 is 1.26 bits per heavy atom. The second-order valence-corrected chi connectivity index (χ2v) is 20.1. The number of carbonyl (C=O) groups is 3. The maximum absolute atomic E-state index is 14.2.